The molecule has 0 aliphatic rings. The molecule has 9 nitrogen and oxygen atoms in total. The van der Waals surface area contributed by atoms with Crippen LogP contribution in [-0.4, -0.2) is 38.3 Å². The van der Waals surface area contributed by atoms with E-state index in [1.54, 1.807) is 41.9 Å². The van der Waals surface area contributed by atoms with E-state index >= 15 is 0 Å². The molecule has 0 aliphatic carbocycles. The number of carbonyl (C=O) groups is 2. The Balaban J connectivity index is 1.19. The van der Waals surface area contributed by atoms with E-state index in [4.69, 9.17) is 9.47 Å². The number of imidazole rings is 1. The standard InChI is InChI=1S/C25H21N5O4S/c1-15-4-3-9-30-12-18(27-22(15)30)13-34-19-7-5-16(6-8-19)23(31)29-25-28-21(14-35-25)17-10-20(26-11-17)24(32)33-2/h3-12,14,26H,13H2,1-2H3,(H,28,29,31). The van der Waals surface area contributed by atoms with Crippen LogP contribution in [0.4, 0.5) is 5.13 Å². The number of aromatic nitrogens is 4. The first-order valence-electron chi connectivity index (χ1n) is 10.7. The zero-order chi connectivity index (χ0) is 24.4. The average Bonchev–Trinajstić information content (AvgIpc) is 3.62. The van der Waals surface area contributed by atoms with E-state index in [0.29, 0.717) is 34.4 Å². The number of amides is 1. The second-order valence-electron chi connectivity index (χ2n) is 7.75. The number of aromatic amines is 1. The number of rotatable bonds is 7. The summed E-state index contributed by atoms with van der Waals surface area (Å²) in [6, 6.07) is 12.5. The summed E-state index contributed by atoms with van der Waals surface area (Å²) in [6.07, 6.45) is 5.56. The zero-order valence-corrected chi connectivity index (χ0v) is 19.8. The fourth-order valence-electron chi connectivity index (χ4n) is 3.54. The summed E-state index contributed by atoms with van der Waals surface area (Å²) in [5.74, 6) is -0.0980. The third-order valence-electron chi connectivity index (χ3n) is 5.34. The van der Waals surface area contributed by atoms with Gasteiger partial charge in [0.1, 0.15) is 23.7 Å². The highest BCUT2D eigenvalue weighted by Crippen LogP contribution is 2.26. The smallest absolute Gasteiger partial charge is 0.354 e. The quantitative estimate of drug-likeness (QED) is 0.322. The molecule has 2 N–H and O–H groups in total. The maximum Gasteiger partial charge on any atom is 0.354 e. The molecule has 1 amide bonds. The molecule has 0 aliphatic heterocycles. The molecule has 0 saturated heterocycles. The van der Waals surface area contributed by atoms with Crippen molar-refractivity contribution in [3.8, 4) is 17.0 Å². The Kier molecular flexibility index (Phi) is 6.02. The Morgan fingerprint density at radius 3 is 2.77 bits per heavy atom. The van der Waals surface area contributed by atoms with Crippen LogP contribution < -0.4 is 10.1 Å². The van der Waals surface area contributed by atoms with Gasteiger partial charge in [0, 0.05) is 35.1 Å². The van der Waals surface area contributed by atoms with Crippen molar-refractivity contribution in [3.05, 3.63) is 88.9 Å². The highest BCUT2D eigenvalue weighted by Gasteiger charge is 2.14. The minimum absolute atomic E-state index is 0.280. The molecular formula is C25H21N5O4S. The lowest BCUT2D eigenvalue weighted by atomic mass is 10.2. The van der Waals surface area contributed by atoms with Crippen molar-refractivity contribution in [1.29, 1.82) is 0 Å². The number of methoxy groups -OCH3 is 1. The largest absolute Gasteiger partial charge is 0.487 e. The molecule has 0 bridgehead atoms. The van der Waals surface area contributed by atoms with Gasteiger partial charge in [-0.1, -0.05) is 6.07 Å². The molecule has 4 aromatic heterocycles. The van der Waals surface area contributed by atoms with Gasteiger partial charge in [0.25, 0.3) is 5.91 Å². The lowest BCUT2D eigenvalue weighted by molar-refractivity contribution is 0.0594. The summed E-state index contributed by atoms with van der Waals surface area (Å²) in [4.78, 5) is 36.1. The van der Waals surface area contributed by atoms with Gasteiger partial charge >= 0.3 is 5.97 Å². The normalized spacial score (nSPS) is 10.9. The first kappa shape index (κ1) is 22.4. The van der Waals surface area contributed by atoms with Crippen molar-refractivity contribution in [3.63, 3.8) is 0 Å². The highest BCUT2D eigenvalue weighted by atomic mass is 32.1. The average molecular weight is 488 g/mol. The van der Waals surface area contributed by atoms with Crippen LogP contribution in [0, 0.1) is 6.92 Å². The third-order valence-corrected chi connectivity index (χ3v) is 6.10. The number of esters is 1. The van der Waals surface area contributed by atoms with E-state index in [0.717, 1.165) is 22.5 Å². The fourth-order valence-corrected chi connectivity index (χ4v) is 4.25. The molecule has 35 heavy (non-hydrogen) atoms. The molecule has 0 atom stereocenters. The highest BCUT2D eigenvalue weighted by molar-refractivity contribution is 7.14. The van der Waals surface area contributed by atoms with Crippen molar-refractivity contribution in [2.24, 2.45) is 0 Å². The van der Waals surface area contributed by atoms with Crippen LogP contribution in [-0.2, 0) is 11.3 Å². The minimum atomic E-state index is -0.458. The summed E-state index contributed by atoms with van der Waals surface area (Å²) < 4.78 is 12.5. The van der Waals surface area contributed by atoms with E-state index in [2.05, 4.69) is 20.3 Å². The predicted octanol–water partition coefficient (Wildman–Crippen LogP) is 4.71. The summed E-state index contributed by atoms with van der Waals surface area (Å²) >= 11 is 1.30. The Bertz CT molecular complexity index is 1520. The maximum atomic E-state index is 12.6. The summed E-state index contributed by atoms with van der Waals surface area (Å²) in [5.41, 5.74) is 5.00. The number of nitrogens with zero attached hydrogens (tertiary/aromatic N) is 3. The molecule has 0 saturated carbocycles. The molecule has 0 spiro atoms. The lowest BCUT2D eigenvalue weighted by Gasteiger charge is -2.06. The second-order valence-corrected chi connectivity index (χ2v) is 8.61. The first-order chi connectivity index (χ1) is 17.0. The van der Waals surface area contributed by atoms with Gasteiger partial charge in [0.15, 0.2) is 5.13 Å². The van der Waals surface area contributed by atoms with Gasteiger partial charge in [0.05, 0.1) is 18.5 Å². The predicted molar refractivity (Wildman–Crippen MR) is 132 cm³/mol. The van der Waals surface area contributed by atoms with Crippen LogP contribution >= 0.6 is 11.3 Å². The number of aryl methyl sites for hydroxylation is 1. The number of fused-ring (bicyclic) bond motifs is 1. The number of hydrogen-bond donors (Lipinski definition) is 2. The van der Waals surface area contributed by atoms with Crippen molar-refractivity contribution < 1.29 is 19.1 Å². The Morgan fingerprint density at radius 2 is 2.00 bits per heavy atom. The lowest BCUT2D eigenvalue weighted by Crippen LogP contribution is -2.11. The van der Waals surface area contributed by atoms with Crippen LogP contribution in [0.1, 0.15) is 32.1 Å². The molecule has 5 aromatic rings. The monoisotopic (exact) mass is 487 g/mol. The van der Waals surface area contributed by atoms with Gasteiger partial charge < -0.3 is 18.9 Å². The summed E-state index contributed by atoms with van der Waals surface area (Å²) in [5, 5.41) is 5.05. The third kappa shape index (κ3) is 4.78. The Hall–Kier alpha value is -4.44. The van der Waals surface area contributed by atoms with E-state index < -0.39 is 5.97 Å². The van der Waals surface area contributed by atoms with Crippen LogP contribution in [0.3, 0.4) is 0 Å². The second kappa shape index (κ2) is 9.43. The van der Waals surface area contributed by atoms with Crippen LogP contribution in [0.25, 0.3) is 16.9 Å². The SMILES string of the molecule is COC(=O)c1cc(-c2csc(NC(=O)c3ccc(OCc4cn5cccc(C)c5n4)cc3)n2)c[nH]1. The molecule has 10 heteroatoms. The molecule has 0 fully saturated rings. The van der Waals surface area contributed by atoms with Crippen molar-refractivity contribution >= 4 is 34.0 Å². The maximum absolute atomic E-state index is 12.6. The van der Waals surface area contributed by atoms with E-state index in [1.165, 1.54) is 18.4 Å². The van der Waals surface area contributed by atoms with Gasteiger partial charge in [-0.05, 0) is 48.9 Å². The number of nitrogens with one attached hydrogen (secondary N) is 2. The van der Waals surface area contributed by atoms with Crippen LogP contribution in [0.5, 0.6) is 5.75 Å². The van der Waals surface area contributed by atoms with Gasteiger partial charge in [-0.25, -0.2) is 14.8 Å². The number of ether oxygens (including phenoxy) is 2. The fraction of sp³-hybridized carbons (Fsp3) is 0.120. The molecule has 176 valence electrons. The number of carbonyl (C=O) groups excluding carboxylic acids is 2. The number of benzene rings is 1. The molecule has 4 heterocycles. The van der Waals surface area contributed by atoms with Crippen LogP contribution in [0.2, 0.25) is 0 Å². The summed E-state index contributed by atoms with van der Waals surface area (Å²) in [6.45, 7) is 2.34. The molecular weight excluding hydrogens is 466 g/mol. The Morgan fingerprint density at radius 1 is 1.17 bits per heavy atom. The topological polar surface area (TPSA) is 111 Å². The van der Waals surface area contributed by atoms with Gasteiger partial charge in [-0.2, -0.15) is 0 Å². The molecule has 0 radical (unpaired) electrons. The van der Waals surface area contributed by atoms with E-state index in [1.807, 2.05) is 35.9 Å². The number of anilines is 1. The summed E-state index contributed by atoms with van der Waals surface area (Å²) in [7, 11) is 1.32. The Labute approximate surface area is 204 Å². The molecule has 0 unspecified atom stereocenters. The first-order valence-corrected chi connectivity index (χ1v) is 11.6. The minimum Gasteiger partial charge on any atom is -0.487 e. The number of hydrogen-bond acceptors (Lipinski definition) is 7. The van der Waals surface area contributed by atoms with E-state index in [9.17, 15) is 9.59 Å². The molecule has 5 rings (SSSR count). The van der Waals surface area contributed by atoms with Gasteiger partial charge in [-0.3, -0.25) is 10.1 Å². The van der Waals surface area contributed by atoms with Crippen molar-refractivity contribution in [1.82, 2.24) is 19.4 Å². The number of H-pyrrole nitrogens is 1. The van der Waals surface area contributed by atoms with Crippen LogP contribution in [0.15, 0.2) is 66.4 Å². The van der Waals surface area contributed by atoms with Gasteiger partial charge in [-0.15, -0.1) is 11.3 Å². The van der Waals surface area contributed by atoms with Gasteiger partial charge in [0.2, 0.25) is 0 Å². The van der Waals surface area contributed by atoms with E-state index in [-0.39, 0.29) is 5.91 Å². The number of pyridine rings is 1. The zero-order valence-electron chi connectivity index (χ0n) is 18.9. The van der Waals surface area contributed by atoms with Crippen molar-refractivity contribution in [2.45, 2.75) is 13.5 Å². The molecule has 1 aromatic carbocycles. The van der Waals surface area contributed by atoms with Crippen molar-refractivity contribution in [2.75, 3.05) is 12.4 Å². The number of thiazole rings is 1.